The van der Waals surface area contributed by atoms with Gasteiger partial charge in [0.25, 0.3) is 15.9 Å². The zero-order chi connectivity index (χ0) is 46.7. The second-order valence-electron chi connectivity index (χ2n) is 16.5. The summed E-state index contributed by atoms with van der Waals surface area (Å²) in [7, 11) is -3.98. The fraction of sp³-hybridized carbons (Fsp3) is 0.696. The molecular formula is C46H74N4O13S. The molecule has 2 aromatic rings. The van der Waals surface area contributed by atoms with Crippen molar-refractivity contribution in [1.82, 2.24) is 15.3 Å². The van der Waals surface area contributed by atoms with Crippen molar-refractivity contribution >= 4 is 39.6 Å². The smallest absolute Gasteiger partial charge is 0.329 e. The van der Waals surface area contributed by atoms with Crippen molar-refractivity contribution in [3.05, 3.63) is 42.2 Å². The number of aliphatic carboxylic acids is 1. The molecule has 18 heteroatoms. The maximum atomic E-state index is 12.9. The number of esters is 1. The molecule has 0 bridgehead atoms. The van der Waals surface area contributed by atoms with Crippen LogP contribution in [0.4, 0.5) is 5.95 Å². The lowest BCUT2D eigenvalue weighted by atomic mass is 10.0. The van der Waals surface area contributed by atoms with E-state index in [0.717, 1.165) is 25.7 Å². The molecule has 0 saturated heterocycles. The lowest BCUT2D eigenvalue weighted by Crippen LogP contribution is -2.28. The van der Waals surface area contributed by atoms with Crippen molar-refractivity contribution in [3.8, 4) is 5.75 Å². The molecule has 0 aliphatic rings. The van der Waals surface area contributed by atoms with Crippen LogP contribution in [0, 0.1) is 0 Å². The maximum absolute atomic E-state index is 12.9. The van der Waals surface area contributed by atoms with Crippen molar-refractivity contribution in [2.75, 3.05) is 70.7 Å². The first kappa shape index (κ1) is 55.9. The normalized spacial score (nSPS) is 11.6. The van der Waals surface area contributed by atoms with Crippen LogP contribution in [0.3, 0.4) is 0 Å². The summed E-state index contributed by atoms with van der Waals surface area (Å²) in [6, 6.07) is 6.15. The predicted octanol–water partition coefficient (Wildman–Crippen LogP) is 7.47. The topological polar surface area (TPSA) is 228 Å². The Bertz CT molecular complexity index is 1690. The summed E-state index contributed by atoms with van der Waals surface area (Å²) in [5, 5.41) is 11.1. The van der Waals surface area contributed by atoms with Crippen molar-refractivity contribution in [2.24, 2.45) is 0 Å². The number of hydrogen-bond acceptors (Lipinski definition) is 14. The standard InChI is InChI=1S/C46H74N4O13S/c1-46(2,3)63-43(54)21-17-15-13-11-9-7-5-4-6-8-10-12-14-16-18-28-62-40-22-24-41(25-23-40)64(56,57)50-45-48-34-38(35-49-45)44(55)47-26-29-59-31-32-60-36-39(51)20-19-27-58-30-33-61-37-42(52)53/h22-25,34-35H,4-21,26-33,36-37H2,1-3H3,(H,47,55)(H,52,53)(H,48,49,50). The van der Waals surface area contributed by atoms with Crippen LogP contribution in [0.1, 0.15) is 147 Å². The molecule has 0 spiro atoms. The van der Waals surface area contributed by atoms with E-state index in [1.807, 2.05) is 20.8 Å². The summed E-state index contributed by atoms with van der Waals surface area (Å²) in [5.41, 5.74) is -0.259. The zero-order valence-electron chi connectivity index (χ0n) is 38.4. The number of ether oxygens (including phenoxy) is 6. The molecule has 1 heterocycles. The van der Waals surface area contributed by atoms with Gasteiger partial charge in [0.05, 0.1) is 50.1 Å². The molecule has 0 aliphatic heterocycles. The summed E-state index contributed by atoms with van der Waals surface area (Å²) in [6.07, 6.45) is 21.6. The van der Waals surface area contributed by atoms with Crippen LogP contribution < -0.4 is 14.8 Å². The van der Waals surface area contributed by atoms with Crippen LogP contribution in [0.2, 0.25) is 0 Å². The van der Waals surface area contributed by atoms with E-state index in [1.165, 1.54) is 95.2 Å². The molecule has 1 aromatic heterocycles. The Hall–Kier alpha value is -4.23. The second-order valence-corrected chi connectivity index (χ2v) is 18.2. The minimum Gasteiger partial charge on any atom is -0.494 e. The second kappa shape index (κ2) is 34.2. The Kier molecular flexibility index (Phi) is 29.8. The van der Waals surface area contributed by atoms with Gasteiger partial charge in [-0.3, -0.25) is 14.4 Å². The van der Waals surface area contributed by atoms with Gasteiger partial charge < -0.3 is 38.8 Å². The number of sulfonamides is 1. The molecule has 0 unspecified atom stereocenters. The summed E-state index contributed by atoms with van der Waals surface area (Å²) < 4.78 is 60.2. The van der Waals surface area contributed by atoms with Crippen molar-refractivity contribution in [2.45, 2.75) is 147 Å². The summed E-state index contributed by atoms with van der Waals surface area (Å²) in [6.45, 7) is 7.44. The highest BCUT2D eigenvalue weighted by molar-refractivity contribution is 7.92. The SMILES string of the molecule is CC(C)(C)OC(=O)CCCCCCCCCCCCCCCCCOc1ccc(S(=O)(=O)Nc2ncc(C(=O)NCCOCCOCC(=O)CCCOCCOCC(=O)O)cn2)cc1. The number of anilines is 1. The molecule has 0 aliphatic carbocycles. The van der Waals surface area contributed by atoms with Gasteiger partial charge in [-0.15, -0.1) is 0 Å². The number of aromatic nitrogens is 2. The van der Waals surface area contributed by atoms with Crippen LogP contribution in [0.5, 0.6) is 5.75 Å². The molecular weight excluding hydrogens is 849 g/mol. The highest BCUT2D eigenvalue weighted by Gasteiger charge is 2.17. The third kappa shape index (κ3) is 30.0. The van der Waals surface area contributed by atoms with Gasteiger partial charge >= 0.3 is 11.9 Å². The van der Waals surface area contributed by atoms with E-state index in [0.29, 0.717) is 31.8 Å². The minimum absolute atomic E-state index is 0.0205. The summed E-state index contributed by atoms with van der Waals surface area (Å²) >= 11 is 0. The van der Waals surface area contributed by atoms with Gasteiger partial charge in [-0.25, -0.2) is 27.9 Å². The van der Waals surface area contributed by atoms with Crippen molar-refractivity contribution < 1.29 is 61.1 Å². The van der Waals surface area contributed by atoms with Crippen LogP contribution in [-0.2, 0) is 48.1 Å². The number of benzene rings is 1. The van der Waals surface area contributed by atoms with Gasteiger partial charge in [-0.1, -0.05) is 83.5 Å². The van der Waals surface area contributed by atoms with Gasteiger partial charge in [0.15, 0.2) is 5.78 Å². The number of carboxylic acids is 1. The molecule has 3 N–H and O–H groups in total. The lowest BCUT2D eigenvalue weighted by molar-refractivity contribution is -0.155. The largest absolute Gasteiger partial charge is 0.494 e. The first-order chi connectivity index (χ1) is 30.7. The average Bonchev–Trinajstić information content (AvgIpc) is 3.24. The Morgan fingerprint density at radius 1 is 0.609 bits per heavy atom. The average molecular weight is 923 g/mol. The number of Topliss-reactive ketones (excluding diaryl/α,β-unsaturated/α-hetero) is 1. The van der Waals surface area contributed by atoms with Gasteiger partial charge in [-0.05, 0) is 64.3 Å². The number of nitrogens with one attached hydrogen (secondary N) is 2. The van der Waals surface area contributed by atoms with Crippen LogP contribution in [-0.4, -0.2) is 119 Å². The Balaban J connectivity index is 1.45. The summed E-state index contributed by atoms with van der Waals surface area (Å²) in [5.74, 6) is -1.26. The number of carbonyl (C=O) groups is 4. The molecule has 2 rings (SSSR count). The first-order valence-corrected chi connectivity index (χ1v) is 24.4. The summed E-state index contributed by atoms with van der Waals surface area (Å²) in [4.78, 5) is 54.4. The third-order valence-electron chi connectivity index (χ3n) is 9.50. The van der Waals surface area contributed by atoms with E-state index in [4.69, 9.17) is 33.5 Å². The number of amides is 1. The Morgan fingerprint density at radius 2 is 1.12 bits per heavy atom. The maximum Gasteiger partial charge on any atom is 0.329 e. The molecule has 0 radical (unpaired) electrons. The number of carboxylic acid groups (broad SMARTS) is 1. The number of carbonyl (C=O) groups excluding carboxylic acids is 3. The van der Waals surface area contributed by atoms with Gasteiger partial charge in [0.1, 0.15) is 24.6 Å². The van der Waals surface area contributed by atoms with Crippen LogP contribution in [0.15, 0.2) is 41.6 Å². The Morgan fingerprint density at radius 3 is 1.69 bits per heavy atom. The molecule has 1 amide bonds. The first-order valence-electron chi connectivity index (χ1n) is 22.9. The monoisotopic (exact) mass is 922 g/mol. The minimum atomic E-state index is -3.98. The number of ketones is 1. The molecule has 0 saturated carbocycles. The van der Waals surface area contributed by atoms with Crippen LogP contribution in [0.25, 0.3) is 0 Å². The zero-order valence-corrected chi connectivity index (χ0v) is 39.2. The van der Waals surface area contributed by atoms with Crippen molar-refractivity contribution in [3.63, 3.8) is 0 Å². The fourth-order valence-electron chi connectivity index (χ4n) is 6.21. The van der Waals surface area contributed by atoms with E-state index >= 15 is 0 Å². The van der Waals surface area contributed by atoms with Gasteiger partial charge in [0.2, 0.25) is 5.95 Å². The highest BCUT2D eigenvalue weighted by Crippen LogP contribution is 2.19. The van der Waals surface area contributed by atoms with E-state index in [2.05, 4.69) is 20.0 Å². The van der Waals surface area contributed by atoms with Gasteiger partial charge in [0, 0.05) is 38.4 Å². The van der Waals surface area contributed by atoms with E-state index < -0.39 is 27.5 Å². The van der Waals surface area contributed by atoms with Crippen molar-refractivity contribution in [1.29, 1.82) is 0 Å². The third-order valence-corrected chi connectivity index (χ3v) is 10.8. The number of rotatable bonds is 40. The molecule has 362 valence electrons. The molecule has 0 atom stereocenters. The quantitative estimate of drug-likeness (QED) is 0.0435. The fourth-order valence-corrected chi connectivity index (χ4v) is 7.17. The van der Waals surface area contributed by atoms with Gasteiger partial charge in [-0.2, -0.15) is 0 Å². The Labute approximate surface area is 380 Å². The number of nitrogens with zero attached hydrogens (tertiary/aromatic N) is 2. The van der Waals surface area contributed by atoms with E-state index in [9.17, 15) is 27.6 Å². The molecule has 17 nitrogen and oxygen atoms in total. The molecule has 1 aromatic carbocycles. The van der Waals surface area contributed by atoms with Crippen LogP contribution >= 0.6 is 0 Å². The number of hydrogen-bond donors (Lipinski definition) is 3. The van der Waals surface area contributed by atoms with E-state index in [-0.39, 0.29) is 87.4 Å². The van der Waals surface area contributed by atoms with E-state index in [1.54, 1.807) is 12.1 Å². The molecule has 0 fully saturated rings. The lowest BCUT2D eigenvalue weighted by Gasteiger charge is -2.19. The predicted molar refractivity (Wildman–Crippen MR) is 242 cm³/mol. The molecule has 64 heavy (non-hydrogen) atoms. The highest BCUT2D eigenvalue weighted by atomic mass is 32.2. The number of unbranched alkanes of at least 4 members (excludes halogenated alkanes) is 14.